The van der Waals surface area contributed by atoms with Gasteiger partial charge in [-0.3, -0.25) is 9.36 Å². The normalized spacial score (nSPS) is 14.5. The highest BCUT2D eigenvalue weighted by atomic mass is 32.2. The Morgan fingerprint density at radius 2 is 1.74 bits per heavy atom. The van der Waals surface area contributed by atoms with E-state index in [0.717, 1.165) is 64.4 Å². The van der Waals surface area contributed by atoms with Crippen LogP contribution in [0.15, 0.2) is 71.2 Å². The first-order valence-electron chi connectivity index (χ1n) is 11.4. The molecule has 2 aromatic carbocycles. The van der Waals surface area contributed by atoms with E-state index in [1.165, 1.54) is 0 Å². The molecule has 2 aromatic heterocycles. The molecule has 0 N–H and O–H groups in total. The van der Waals surface area contributed by atoms with Crippen LogP contribution in [0.5, 0.6) is 0 Å². The van der Waals surface area contributed by atoms with Crippen LogP contribution in [0.25, 0.3) is 16.4 Å². The lowest BCUT2D eigenvalue weighted by Crippen LogP contribution is -2.47. The minimum absolute atomic E-state index is 0.115. The molecule has 1 aliphatic rings. The first-order chi connectivity index (χ1) is 16.6. The minimum atomic E-state index is 0.115. The van der Waals surface area contributed by atoms with E-state index in [-0.39, 0.29) is 5.91 Å². The molecule has 5 rings (SSSR count). The number of nitrogens with zero attached hydrogens (tertiary/aromatic N) is 5. The molecular weight excluding hydrogens is 462 g/mol. The minimum Gasteiger partial charge on any atom is -0.336 e. The zero-order valence-corrected chi connectivity index (χ0v) is 21.0. The Hall–Kier alpha value is -2.94. The van der Waals surface area contributed by atoms with E-state index in [4.69, 9.17) is 0 Å². The van der Waals surface area contributed by atoms with Gasteiger partial charge in [0.05, 0.1) is 10.6 Å². The number of rotatable bonds is 6. The van der Waals surface area contributed by atoms with Crippen LogP contribution >= 0.6 is 23.1 Å². The second-order valence-electron chi connectivity index (χ2n) is 8.45. The highest BCUT2D eigenvalue weighted by Crippen LogP contribution is 2.33. The molecule has 174 valence electrons. The zero-order valence-electron chi connectivity index (χ0n) is 19.3. The first kappa shape index (κ1) is 22.8. The highest BCUT2D eigenvalue weighted by molar-refractivity contribution is 7.98. The predicted molar refractivity (Wildman–Crippen MR) is 139 cm³/mol. The Balaban J connectivity index is 1.44. The number of para-hydroxylation sites is 1. The number of aryl methyl sites for hydroxylation is 1. The Morgan fingerprint density at radius 1 is 0.971 bits per heavy atom. The fraction of sp³-hybridized carbons (Fsp3) is 0.269. The smallest absolute Gasteiger partial charge is 0.254 e. The van der Waals surface area contributed by atoms with Crippen molar-refractivity contribution in [3.8, 4) is 16.4 Å². The van der Waals surface area contributed by atoms with Crippen molar-refractivity contribution in [1.29, 1.82) is 0 Å². The maximum atomic E-state index is 13.3. The predicted octanol–water partition coefficient (Wildman–Crippen LogP) is 4.98. The summed E-state index contributed by atoms with van der Waals surface area (Å²) in [5.41, 5.74) is 4.03. The second kappa shape index (κ2) is 10.1. The maximum absolute atomic E-state index is 13.3. The number of thioether (sulfide) groups is 1. The summed E-state index contributed by atoms with van der Waals surface area (Å²) in [5.74, 6) is 1.60. The van der Waals surface area contributed by atoms with Crippen molar-refractivity contribution in [2.45, 2.75) is 17.8 Å². The molecule has 1 amide bonds. The summed E-state index contributed by atoms with van der Waals surface area (Å²) in [7, 11) is 2.10. The van der Waals surface area contributed by atoms with Gasteiger partial charge in [-0.15, -0.1) is 21.5 Å². The maximum Gasteiger partial charge on any atom is 0.254 e. The molecule has 1 fully saturated rings. The summed E-state index contributed by atoms with van der Waals surface area (Å²) in [5, 5.41) is 12.0. The molecule has 0 radical (unpaired) electrons. The van der Waals surface area contributed by atoms with Crippen LogP contribution in [0.1, 0.15) is 21.5 Å². The van der Waals surface area contributed by atoms with E-state index < -0.39 is 0 Å². The average Bonchev–Trinajstić information content (AvgIpc) is 3.53. The Bertz CT molecular complexity index is 1280. The SMILES string of the molecule is Cc1ccccc1-n1c(SCc2ccccc2C(=O)N2CCN(C)CC2)nnc1-c1cccs1. The first-order valence-corrected chi connectivity index (χ1v) is 13.2. The van der Waals surface area contributed by atoms with Crippen molar-refractivity contribution in [2.75, 3.05) is 33.2 Å². The number of carbonyl (C=O) groups excluding carboxylic acids is 1. The summed E-state index contributed by atoms with van der Waals surface area (Å²) >= 11 is 3.27. The third-order valence-electron chi connectivity index (χ3n) is 6.13. The quantitative estimate of drug-likeness (QED) is 0.358. The van der Waals surface area contributed by atoms with Gasteiger partial charge >= 0.3 is 0 Å². The van der Waals surface area contributed by atoms with Gasteiger partial charge < -0.3 is 9.80 Å². The number of aromatic nitrogens is 3. The summed E-state index contributed by atoms with van der Waals surface area (Å²) in [6.07, 6.45) is 0. The molecule has 4 aromatic rings. The molecular formula is C26H27N5OS2. The van der Waals surface area contributed by atoms with Gasteiger partial charge in [0.25, 0.3) is 5.91 Å². The lowest BCUT2D eigenvalue weighted by atomic mass is 10.1. The molecule has 0 aliphatic carbocycles. The number of hydrogen-bond donors (Lipinski definition) is 0. The van der Waals surface area contributed by atoms with Gasteiger partial charge in [0, 0.05) is 37.5 Å². The standard InChI is InChI=1S/C26H27N5OS2/c1-19-8-3-6-11-22(19)31-24(23-12-7-17-33-23)27-28-26(31)34-18-20-9-4-5-10-21(20)25(32)30-15-13-29(2)14-16-30/h3-12,17H,13-16,18H2,1-2H3. The Kier molecular flexibility index (Phi) is 6.80. The van der Waals surface area contributed by atoms with Crippen molar-refractivity contribution < 1.29 is 4.79 Å². The molecule has 1 saturated heterocycles. The van der Waals surface area contributed by atoms with E-state index in [1.54, 1.807) is 23.1 Å². The summed E-state index contributed by atoms with van der Waals surface area (Å²) in [6.45, 7) is 5.46. The summed E-state index contributed by atoms with van der Waals surface area (Å²) < 4.78 is 2.14. The van der Waals surface area contributed by atoms with Crippen molar-refractivity contribution in [1.82, 2.24) is 24.6 Å². The van der Waals surface area contributed by atoms with E-state index in [9.17, 15) is 4.79 Å². The number of carbonyl (C=O) groups is 1. The number of benzene rings is 2. The molecule has 0 spiro atoms. The Morgan fingerprint density at radius 3 is 2.50 bits per heavy atom. The number of thiophene rings is 1. The molecule has 6 nitrogen and oxygen atoms in total. The van der Waals surface area contributed by atoms with Crippen molar-refractivity contribution >= 4 is 29.0 Å². The zero-order chi connectivity index (χ0) is 23.5. The Labute approximate surface area is 208 Å². The molecule has 1 aliphatic heterocycles. The lowest BCUT2D eigenvalue weighted by Gasteiger charge is -2.32. The second-order valence-corrected chi connectivity index (χ2v) is 10.3. The molecule has 3 heterocycles. The van der Waals surface area contributed by atoms with E-state index in [0.29, 0.717) is 5.75 Å². The topological polar surface area (TPSA) is 54.3 Å². The number of hydrogen-bond acceptors (Lipinski definition) is 6. The van der Waals surface area contributed by atoms with Crippen LogP contribution in [0.3, 0.4) is 0 Å². The fourth-order valence-electron chi connectivity index (χ4n) is 4.14. The van der Waals surface area contributed by atoms with E-state index in [2.05, 4.69) is 57.2 Å². The average molecular weight is 490 g/mol. The van der Waals surface area contributed by atoms with Crippen molar-refractivity contribution in [3.63, 3.8) is 0 Å². The molecule has 0 unspecified atom stereocenters. The van der Waals surface area contributed by atoms with Crippen molar-refractivity contribution in [3.05, 3.63) is 82.7 Å². The molecule has 0 bridgehead atoms. The van der Waals surface area contributed by atoms with Gasteiger partial charge in [-0.1, -0.05) is 54.2 Å². The van der Waals surface area contributed by atoms with Gasteiger partial charge in [-0.2, -0.15) is 0 Å². The van der Waals surface area contributed by atoms with Crippen LogP contribution in [-0.2, 0) is 5.75 Å². The van der Waals surface area contributed by atoms with E-state index >= 15 is 0 Å². The third-order valence-corrected chi connectivity index (χ3v) is 7.97. The van der Waals surface area contributed by atoms with Gasteiger partial charge in [0.1, 0.15) is 0 Å². The number of likely N-dealkylation sites (N-methyl/N-ethyl adjacent to an activating group) is 1. The number of piperazine rings is 1. The molecule has 8 heteroatoms. The number of amides is 1. The fourth-order valence-corrected chi connectivity index (χ4v) is 5.78. The van der Waals surface area contributed by atoms with E-state index in [1.807, 2.05) is 47.4 Å². The summed E-state index contributed by atoms with van der Waals surface area (Å²) in [6, 6.07) is 20.3. The molecule has 0 saturated carbocycles. The van der Waals surface area contributed by atoms with Crippen LogP contribution in [-0.4, -0.2) is 63.7 Å². The van der Waals surface area contributed by atoms with Gasteiger partial charge in [0.2, 0.25) is 0 Å². The monoisotopic (exact) mass is 489 g/mol. The van der Waals surface area contributed by atoms with Crippen LogP contribution in [0, 0.1) is 6.92 Å². The van der Waals surface area contributed by atoms with Crippen LogP contribution in [0.2, 0.25) is 0 Å². The highest BCUT2D eigenvalue weighted by Gasteiger charge is 2.23. The largest absolute Gasteiger partial charge is 0.336 e. The molecule has 0 atom stereocenters. The third kappa shape index (κ3) is 4.66. The van der Waals surface area contributed by atoms with Crippen LogP contribution in [0.4, 0.5) is 0 Å². The summed E-state index contributed by atoms with van der Waals surface area (Å²) in [4.78, 5) is 18.6. The lowest BCUT2D eigenvalue weighted by molar-refractivity contribution is 0.0663. The van der Waals surface area contributed by atoms with Crippen LogP contribution < -0.4 is 0 Å². The van der Waals surface area contributed by atoms with Gasteiger partial charge in [0.15, 0.2) is 11.0 Å². The van der Waals surface area contributed by atoms with Gasteiger partial charge in [-0.05, 0) is 48.7 Å². The van der Waals surface area contributed by atoms with Gasteiger partial charge in [-0.25, -0.2) is 0 Å². The molecule has 34 heavy (non-hydrogen) atoms. The van der Waals surface area contributed by atoms with Crippen molar-refractivity contribution in [2.24, 2.45) is 0 Å².